The number of imidazole rings is 1. The highest BCUT2D eigenvalue weighted by Gasteiger charge is 2.42. The Balaban J connectivity index is 1.52. The first-order valence-electron chi connectivity index (χ1n) is 11.7. The van der Waals surface area contributed by atoms with Gasteiger partial charge in [0.15, 0.2) is 17.3 Å². The summed E-state index contributed by atoms with van der Waals surface area (Å²) in [7, 11) is 0. The Morgan fingerprint density at radius 3 is 2.43 bits per heavy atom. The van der Waals surface area contributed by atoms with Crippen molar-refractivity contribution in [1.82, 2.24) is 19.4 Å². The van der Waals surface area contributed by atoms with Gasteiger partial charge in [-0.15, -0.1) is 0 Å². The number of hydrogen-bond acceptors (Lipinski definition) is 5. The van der Waals surface area contributed by atoms with Gasteiger partial charge in [0.2, 0.25) is 11.7 Å². The zero-order valence-corrected chi connectivity index (χ0v) is 19.7. The van der Waals surface area contributed by atoms with Gasteiger partial charge in [0.25, 0.3) is 5.91 Å². The van der Waals surface area contributed by atoms with E-state index >= 15 is 0 Å². The molecule has 202 valence electrons. The fourth-order valence-electron chi connectivity index (χ4n) is 4.74. The third-order valence-electron chi connectivity index (χ3n) is 6.57. The molecule has 2 aliphatic heterocycles. The van der Waals surface area contributed by atoms with Crippen LogP contribution < -0.4 is 11.5 Å². The first-order valence-corrected chi connectivity index (χ1v) is 11.7. The lowest BCUT2D eigenvalue weighted by atomic mass is 10.0. The second kappa shape index (κ2) is 10.3. The molecule has 3 heterocycles. The molecule has 37 heavy (non-hydrogen) atoms. The molecule has 4 rings (SSSR count). The summed E-state index contributed by atoms with van der Waals surface area (Å²) in [5.41, 5.74) is 11.2. The van der Waals surface area contributed by atoms with Crippen molar-refractivity contribution in [1.29, 1.82) is 0 Å². The number of halogens is 6. The highest BCUT2D eigenvalue weighted by molar-refractivity contribution is 5.94. The number of likely N-dealkylation sites (tertiary alicyclic amines) is 1. The van der Waals surface area contributed by atoms with Gasteiger partial charge in [0.1, 0.15) is 5.82 Å². The number of rotatable bonds is 5. The normalized spacial score (nSPS) is 19.1. The number of fused-ring (bicyclic) bond motifs is 1. The second-order valence-electron chi connectivity index (χ2n) is 9.37. The van der Waals surface area contributed by atoms with Crippen molar-refractivity contribution in [3.63, 3.8) is 0 Å². The van der Waals surface area contributed by atoms with Crippen LogP contribution in [0.3, 0.4) is 0 Å². The zero-order valence-electron chi connectivity index (χ0n) is 19.7. The van der Waals surface area contributed by atoms with E-state index < -0.39 is 47.3 Å². The van der Waals surface area contributed by atoms with Gasteiger partial charge in [-0.3, -0.25) is 9.59 Å². The number of nitrogens with zero attached hydrogens (tertiary/aromatic N) is 4. The summed E-state index contributed by atoms with van der Waals surface area (Å²) < 4.78 is 82.5. The Morgan fingerprint density at radius 1 is 1.05 bits per heavy atom. The predicted molar refractivity (Wildman–Crippen MR) is 118 cm³/mol. The summed E-state index contributed by atoms with van der Waals surface area (Å²) in [6, 6.07) is -0.216. The van der Waals surface area contributed by atoms with E-state index in [-0.39, 0.29) is 62.0 Å². The van der Waals surface area contributed by atoms with Crippen molar-refractivity contribution < 1.29 is 35.9 Å². The third-order valence-corrected chi connectivity index (χ3v) is 6.57. The lowest BCUT2D eigenvalue weighted by molar-refractivity contribution is -0.148. The molecule has 0 radical (unpaired) electrons. The van der Waals surface area contributed by atoms with Gasteiger partial charge >= 0.3 is 6.18 Å². The van der Waals surface area contributed by atoms with Gasteiger partial charge in [0.05, 0.1) is 12.2 Å². The second-order valence-corrected chi connectivity index (χ2v) is 9.37. The minimum Gasteiger partial charge on any atom is -0.336 e. The average molecular weight is 532 g/mol. The molecule has 1 aromatic heterocycles. The van der Waals surface area contributed by atoms with E-state index in [1.807, 2.05) is 0 Å². The molecule has 1 fully saturated rings. The maximum absolute atomic E-state index is 13.9. The molecule has 2 aromatic rings. The van der Waals surface area contributed by atoms with Gasteiger partial charge in [-0.1, -0.05) is 0 Å². The molecule has 0 aliphatic carbocycles. The Bertz CT molecular complexity index is 1200. The van der Waals surface area contributed by atoms with E-state index in [1.165, 1.54) is 9.80 Å². The molecule has 0 unspecified atom stereocenters. The summed E-state index contributed by atoms with van der Waals surface area (Å²) in [5.74, 6) is -6.07. The molecule has 2 aliphatic rings. The molecule has 1 aromatic carbocycles. The summed E-state index contributed by atoms with van der Waals surface area (Å²) >= 11 is 0. The Kier molecular flexibility index (Phi) is 7.51. The first-order chi connectivity index (χ1) is 17.3. The van der Waals surface area contributed by atoms with Crippen LogP contribution in [0.15, 0.2) is 12.1 Å². The number of alkyl halides is 3. The van der Waals surface area contributed by atoms with E-state index in [4.69, 9.17) is 11.5 Å². The van der Waals surface area contributed by atoms with Crippen molar-refractivity contribution in [3.8, 4) is 0 Å². The summed E-state index contributed by atoms with van der Waals surface area (Å²) in [5, 5.41) is 0. The minimum absolute atomic E-state index is 0.0451. The van der Waals surface area contributed by atoms with Gasteiger partial charge < -0.3 is 25.8 Å². The maximum Gasteiger partial charge on any atom is 0.449 e. The molecule has 1 saturated heterocycles. The van der Waals surface area contributed by atoms with Gasteiger partial charge in [-0.2, -0.15) is 13.2 Å². The van der Waals surface area contributed by atoms with Crippen LogP contribution in [0.25, 0.3) is 0 Å². The Hall–Kier alpha value is -3.13. The fraction of sp³-hybridized carbons (Fsp3) is 0.522. The highest BCUT2D eigenvalue weighted by Crippen LogP contribution is 2.33. The summed E-state index contributed by atoms with van der Waals surface area (Å²) in [6.07, 6.45) is -4.11. The molecule has 4 N–H and O–H groups in total. The Morgan fingerprint density at radius 2 is 1.76 bits per heavy atom. The first kappa shape index (κ1) is 26.9. The molecule has 8 nitrogen and oxygen atoms in total. The topological polar surface area (TPSA) is 110 Å². The van der Waals surface area contributed by atoms with E-state index in [0.717, 1.165) is 4.57 Å². The summed E-state index contributed by atoms with van der Waals surface area (Å²) in [6.45, 7) is -0.139. The number of benzene rings is 1. The number of amides is 2. The van der Waals surface area contributed by atoms with Gasteiger partial charge in [0, 0.05) is 50.7 Å². The van der Waals surface area contributed by atoms with Crippen LogP contribution in [0.2, 0.25) is 0 Å². The SMILES string of the molecule is N[C@@H]1CCCN(C(=O)c2nc(C(F)(F)F)n3c2CN(C(=O)C[C@H](N)Cc2cc(F)c(F)cc2F)CC3)C1. The molecular weight excluding hydrogens is 506 g/mol. The minimum atomic E-state index is -4.81. The molecule has 0 saturated carbocycles. The van der Waals surface area contributed by atoms with Crippen LogP contribution in [0.5, 0.6) is 0 Å². The van der Waals surface area contributed by atoms with Crippen LogP contribution in [-0.2, 0) is 30.5 Å². The monoisotopic (exact) mass is 532 g/mol. The third kappa shape index (κ3) is 5.74. The van der Waals surface area contributed by atoms with E-state index in [2.05, 4.69) is 4.98 Å². The zero-order chi connectivity index (χ0) is 27.1. The number of carbonyl (C=O) groups excluding carboxylic acids is 2. The standard InChI is InChI=1S/C23H26F6N6O2/c24-15-9-17(26)16(25)7-12(15)6-14(31)8-19(36)33-4-5-35-18(11-33)20(32-22(35)23(27,28)29)21(37)34-3-1-2-13(30)10-34/h7,9,13-14H,1-6,8,10-11,30-31H2/t13-,14-/m1/s1. The molecular formula is C23H26F6N6O2. The van der Waals surface area contributed by atoms with Crippen LogP contribution >= 0.6 is 0 Å². The Labute approximate surface area is 208 Å². The van der Waals surface area contributed by atoms with Crippen molar-refractivity contribution in [2.45, 2.75) is 57.0 Å². The molecule has 2 amide bonds. The van der Waals surface area contributed by atoms with Crippen LogP contribution in [0, 0.1) is 17.5 Å². The van der Waals surface area contributed by atoms with E-state index in [0.29, 0.717) is 31.5 Å². The van der Waals surface area contributed by atoms with Gasteiger partial charge in [-0.05, 0) is 30.9 Å². The lowest BCUT2D eigenvalue weighted by Crippen LogP contribution is -2.46. The van der Waals surface area contributed by atoms with E-state index in [9.17, 15) is 35.9 Å². The largest absolute Gasteiger partial charge is 0.449 e. The number of nitrogens with two attached hydrogens (primary N) is 2. The van der Waals surface area contributed by atoms with E-state index in [1.54, 1.807) is 0 Å². The summed E-state index contributed by atoms with van der Waals surface area (Å²) in [4.78, 5) is 32.3. The smallest absolute Gasteiger partial charge is 0.336 e. The van der Waals surface area contributed by atoms with Crippen LogP contribution in [-0.4, -0.2) is 62.9 Å². The number of aromatic nitrogens is 2. The molecule has 0 bridgehead atoms. The van der Waals surface area contributed by atoms with Gasteiger partial charge in [-0.25, -0.2) is 18.2 Å². The quantitative estimate of drug-likeness (QED) is 0.453. The molecule has 14 heteroatoms. The highest BCUT2D eigenvalue weighted by atomic mass is 19.4. The average Bonchev–Trinajstić information content (AvgIpc) is 3.21. The van der Waals surface area contributed by atoms with Crippen LogP contribution in [0.1, 0.15) is 46.8 Å². The van der Waals surface area contributed by atoms with Crippen molar-refractivity contribution in [3.05, 3.63) is 52.4 Å². The number of hydrogen-bond donors (Lipinski definition) is 2. The molecule has 2 atom stereocenters. The van der Waals surface area contributed by atoms with Crippen molar-refractivity contribution in [2.75, 3.05) is 19.6 Å². The number of carbonyl (C=O) groups is 2. The fourth-order valence-corrected chi connectivity index (χ4v) is 4.74. The molecule has 0 spiro atoms. The van der Waals surface area contributed by atoms with Crippen molar-refractivity contribution >= 4 is 11.8 Å². The van der Waals surface area contributed by atoms with Crippen LogP contribution in [0.4, 0.5) is 26.3 Å². The predicted octanol–water partition coefficient (Wildman–Crippen LogP) is 2.18. The lowest BCUT2D eigenvalue weighted by Gasteiger charge is -2.32. The van der Waals surface area contributed by atoms with Crippen molar-refractivity contribution in [2.24, 2.45) is 11.5 Å². The maximum atomic E-state index is 13.9. The number of piperidine rings is 1.